The van der Waals surface area contributed by atoms with Crippen LogP contribution in [0.3, 0.4) is 0 Å². The molecule has 0 aliphatic carbocycles. The summed E-state index contributed by atoms with van der Waals surface area (Å²) in [4.78, 5) is 1.25. The molecule has 2 rings (SSSR count). The first-order valence-electron chi connectivity index (χ1n) is 6.92. The van der Waals surface area contributed by atoms with Crippen molar-refractivity contribution in [3.05, 3.63) is 54.6 Å². The summed E-state index contributed by atoms with van der Waals surface area (Å²) in [6.45, 7) is 0.713. The summed E-state index contributed by atoms with van der Waals surface area (Å²) in [5.74, 6) is 2.22. The lowest BCUT2D eigenvalue weighted by Gasteiger charge is -2.06. The molecule has 0 aliphatic heterocycles. The van der Waals surface area contributed by atoms with E-state index in [1.54, 1.807) is 12.1 Å². The minimum atomic E-state index is -4.41. The van der Waals surface area contributed by atoms with E-state index in [2.05, 4.69) is 10.4 Å². The molecule has 0 heterocycles. The highest BCUT2D eigenvalue weighted by Gasteiger charge is 2.15. The van der Waals surface area contributed by atoms with Crippen molar-refractivity contribution < 1.29 is 27.0 Å². The number of hydrogen-bond donors (Lipinski definition) is 1. The number of benzene rings is 2. The zero-order chi connectivity index (χ0) is 18.0. The molecule has 0 spiro atoms. The van der Waals surface area contributed by atoms with Gasteiger partial charge in [-0.2, -0.15) is 0 Å². The van der Waals surface area contributed by atoms with Crippen molar-refractivity contribution in [2.75, 3.05) is 25.7 Å². The first kappa shape index (κ1) is 20.3. The first-order chi connectivity index (χ1) is 11.3. The lowest BCUT2D eigenvalue weighted by molar-refractivity contribution is 0.314. The van der Waals surface area contributed by atoms with Gasteiger partial charge in [0.2, 0.25) is 10.4 Å². The fourth-order valence-electron chi connectivity index (χ4n) is 1.60. The van der Waals surface area contributed by atoms with E-state index in [-0.39, 0.29) is 10.9 Å². The van der Waals surface area contributed by atoms with Crippen LogP contribution in [0.2, 0.25) is 0 Å². The minimum Gasteiger partial charge on any atom is -0.726 e. The normalized spacial score (nSPS) is 12.0. The molecule has 24 heavy (non-hydrogen) atoms. The lowest BCUT2D eigenvalue weighted by Crippen LogP contribution is -2.13. The van der Waals surface area contributed by atoms with Crippen molar-refractivity contribution in [1.82, 2.24) is 0 Å². The summed E-state index contributed by atoms with van der Waals surface area (Å²) in [5, 5.41) is 9.24. The number of phenols is 1. The topological polar surface area (TPSA) is 95.9 Å². The van der Waals surface area contributed by atoms with Gasteiger partial charge in [-0.25, -0.2) is 8.42 Å². The molecule has 8 heteroatoms. The summed E-state index contributed by atoms with van der Waals surface area (Å²) >= 11 is 0. The average Bonchev–Trinajstić information content (AvgIpc) is 2.56. The van der Waals surface area contributed by atoms with Gasteiger partial charge in [0.1, 0.15) is 30.1 Å². The van der Waals surface area contributed by atoms with E-state index >= 15 is 0 Å². The van der Waals surface area contributed by atoms with E-state index in [0.717, 1.165) is 18.6 Å². The van der Waals surface area contributed by atoms with Crippen molar-refractivity contribution in [2.45, 2.75) is 4.90 Å². The van der Waals surface area contributed by atoms with Crippen molar-refractivity contribution in [1.29, 1.82) is 0 Å². The zero-order valence-electron chi connectivity index (χ0n) is 13.4. The van der Waals surface area contributed by atoms with Crippen molar-refractivity contribution in [3.63, 3.8) is 0 Å². The van der Waals surface area contributed by atoms with E-state index < -0.39 is 10.4 Å². The van der Waals surface area contributed by atoms with Crippen LogP contribution in [0.25, 0.3) is 0 Å². The number of para-hydroxylation sites is 1. The Labute approximate surface area is 145 Å². The molecule has 0 amide bonds. The maximum absolute atomic E-state index is 9.24. The Hall–Kier alpha value is -1.74. The highest BCUT2D eigenvalue weighted by molar-refractivity contribution is 7.96. The second-order valence-corrected chi connectivity index (χ2v) is 7.88. The monoisotopic (exact) mass is 372 g/mol. The molecule has 0 saturated heterocycles. The first-order valence-corrected chi connectivity index (χ1v) is 10.1. The van der Waals surface area contributed by atoms with Gasteiger partial charge in [0.05, 0.1) is 7.11 Å². The maximum atomic E-state index is 9.24. The number of hydrogen-bond acceptors (Lipinski definition) is 6. The smallest absolute Gasteiger partial charge is 0.217 e. The molecule has 1 unspecified atom stereocenters. The van der Waals surface area contributed by atoms with Gasteiger partial charge in [-0.15, -0.1) is 0 Å². The maximum Gasteiger partial charge on any atom is 0.217 e. The van der Waals surface area contributed by atoms with Crippen LogP contribution in [0, 0.1) is 0 Å². The highest BCUT2D eigenvalue weighted by Crippen LogP contribution is 2.16. The molecule has 1 atom stereocenters. The summed E-state index contributed by atoms with van der Waals surface area (Å²) in [6, 6.07) is 17.3. The summed E-state index contributed by atoms with van der Waals surface area (Å²) in [7, 11) is -3.46. The molecule has 132 valence electrons. The van der Waals surface area contributed by atoms with Gasteiger partial charge < -0.3 is 14.4 Å². The molecule has 1 N–H and O–H groups in total. The molecule has 0 aromatic heterocycles. The molecular weight excluding hydrogens is 352 g/mol. The van der Waals surface area contributed by atoms with E-state index in [1.165, 1.54) is 4.90 Å². The second-order valence-electron chi connectivity index (χ2n) is 4.57. The predicted octanol–water partition coefficient (Wildman–Crippen LogP) is 2.17. The largest absolute Gasteiger partial charge is 0.726 e. The van der Waals surface area contributed by atoms with Crippen LogP contribution in [0.1, 0.15) is 0 Å². The third kappa shape index (κ3) is 8.78. The molecule has 2 aromatic carbocycles. The van der Waals surface area contributed by atoms with Gasteiger partial charge in [0.25, 0.3) is 0 Å². The fourth-order valence-corrected chi connectivity index (χ4v) is 2.77. The van der Waals surface area contributed by atoms with Crippen molar-refractivity contribution in [2.24, 2.45) is 0 Å². The number of aromatic hydroxyl groups is 1. The second kappa shape index (κ2) is 10.2. The Morgan fingerprint density at radius 3 is 2.12 bits per heavy atom. The quantitative estimate of drug-likeness (QED) is 0.474. The Morgan fingerprint density at radius 1 is 1.08 bits per heavy atom. The van der Waals surface area contributed by atoms with Gasteiger partial charge >= 0.3 is 0 Å². The third-order valence-corrected chi connectivity index (χ3v) is 5.11. The molecule has 0 saturated carbocycles. The minimum absolute atomic E-state index is 0.149. The van der Waals surface area contributed by atoms with Gasteiger partial charge in [0, 0.05) is 10.9 Å². The highest BCUT2D eigenvalue weighted by atomic mass is 32.3. The fraction of sp³-hybridized carbons (Fsp3) is 0.250. The van der Waals surface area contributed by atoms with Crippen LogP contribution in [-0.2, 0) is 25.5 Å². The van der Waals surface area contributed by atoms with Crippen LogP contribution in [0.4, 0.5) is 0 Å². The lowest BCUT2D eigenvalue weighted by atomic mass is 10.3. The molecule has 6 nitrogen and oxygen atoms in total. The molecule has 0 radical (unpaired) electrons. The van der Waals surface area contributed by atoms with Crippen LogP contribution in [0.5, 0.6) is 11.5 Å². The Kier molecular flexibility index (Phi) is 8.62. The van der Waals surface area contributed by atoms with Gasteiger partial charge in [0.15, 0.2) is 4.90 Å². The van der Waals surface area contributed by atoms with E-state index in [9.17, 15) is 18.1 Å². The number of ether oxygens (including phenoxy) is 1. The van der Waals surface area contributed by atoms with Gasteiger partial charge in [-0.05, 0) is 36.4 Å². The Balaban J connectivity index is 0.000000413. The summed E-state index contributed by atoms with van der Waals surface area (Å²) in [5.41, 5.74) is 0. The average molecular weight is 372 g/mol. The summed E-state index contributed by atoms with van der Waals surface area (Å²) < 4.78 is 36.7. The zero-order valence-corrected chi connectivity index (χ0v) is 15.0. The van der Waals surface area contributed by atoms with Crippen LogP contribution in [-0.4, -0.2) is 43.8 Å². The Bertz CT molecular complexity index is 686. The van der Waals surface area contributed by atoms with E-state index in [0.29, 0.717) is 12.4 Å². The van der Waals surface area contributed by atoms with Crippen LogP contribution < -0.4 is 4.74 Å². The van der Waals surface area contributed by atoms with Gasteiger partial charge in [-0.3, -0.25) is 4.18 Å². The van der Waals surface area contributed by atoms with Gasteiger partial charge in [-0.1, -0.05) is 18.2 Å². The summed E-state index contributed by atoms with van der Waals surface area (Å²) in [6.07, 6.45) is 2.20. The molecule has 0 aliphatic rings. The van der Waals surface area contributed by atoms with Crippen LogP contribution in [0.15, 0.2) is 59.5 Å². The third-order valence-electron chi connectivity index (χ3n) is 2.84. The van der Waals surface area contributed by atoms with E-state index in [4.69, 9.17) is 4.74 Å². The Morgan fingerprint density at radius 2 is 1.62 bits per heavy atom. The standard InChI is InChI=1S/C15H16O2S.CH4O4S/c1-18(15-9-7-13(16)8-10-15)12-11-17-14-5-3-2-4-6-14;1-5-6(2,3)4/h2-10H,11-12H2,1H3;1H3,(H,2,3,4). The number of phenolic OH excluding ortho intramolecular Hbond substituents is 1. The number of rotatable bonds is 6. The van der Waals surface area contributed by atoms with E-state index in [1.807, 2.05) is 42.5 Å². The predicted molar refractivity (Wildman–Crippen MR) is 93.2 cm³/mol. The molecule has 0 bridgehead atoms. The van der Waals surface area contributed by atoms with Crippen molar-refractivity contribution in [3.8, 4) is 11.5 Å². The molecule has 2 aromatic rings. The SMILES string of the molecule is COS(=O)(=O)[O-].C[S+](CCOc1ccccc1)c1ccc(O)cc1. The van der Waals surface area contributed by atoms with Crippen LogP contribution >= 0.6 is 0 Å². The van der Waals surface area contributed by atoms with Crippen molar-refractivity contribution >= 4 is 21.3 Å². The molecular formula is C16H20O6S2. The molecule has 0 fully saturated rings.